The second-order valence-corrected chi connectivity index (χ2v) is 8.81. The lowest BCUT2D eigenvalue weighted by Crippen LogP contribution is -2.40. The fourth-order valence-corrected chi connectivity index (χ4v) is 1.97. The average molecular weight is 361 g/mol. The van der Waals surface area contributed by atoms with Crippen LogP contribution in [0.3, 0.4) is 0 Å². The standard InChI is InChI=1S/C11H23NO8S2/c1-11(2,3)20-10(13)12(6-8-18-21(4,14)15)7-9-19-22(5,16)17/h6-9H2,1-5H3. The molecule has 0 rings (SSSR count). The molecule has 0 unspecified atom stereocenters. The normalized spacial score (nSPS) is 13.0. The highest BCUT2D eigenvalue weighted by molar-refractivity contribution is 7.86. The van der Waals surface area contributed by atoms with E-state index in [0.29, 0.717) is 0 Å². The zero-order chi connectivity index (χ0) is 17.6. The highest BCUT2D eigenvalue weighted by Crippen LogP contribution is 2.10. The molecule has 0 spiro atoms. The second kappa shape index (κ2) is 8.09. The molecular formula is C11H23NO8S2. The lowest BCUT2D eigenvalue weighted by molar-refractivity contribution is 0.0204. The summed E-state index contributed by atoms with van der Waals surface area (Å²) in [5.74, 6) is 0. The van der Waals surface area contributed by atoms with Gasteiger partial charge in [0, 0.05) is 13.1 Å². The third kappa shape index (κ3) is 12.8. The van der Waals surface area contributed by atoms with Gasteiger partial charge in [0.2, 0.25) is 0 Å². The van der Waals surface area contributed by atoms with Gasteiger partial charge in [-0.1, -0.05) is 0 Å². The van der Waals surface area contributed by atoms with E-state index in [1.165, 1.54) is 0 Å². The van der Waals surface area contributed by atoms with Crippen molar-refractivity contribution in [2.45, 2.75) is 26.4 Å². The lowest BCUT2D eigenvalue weighted by atomic mass is 10.2. The van der Waals surface area contributed by atoms with Gasteiger partial charge in [-0.3, -0.25) is 8.37 Å². The predicted molar refractivity (Wildman–Crippen MR) is 79.4 cm³/mol. The van der Waals surface area contributed by atoms with Gasteiger partial charge < -0.3 is 9.64 Å². The van der Waals surface area contributed by atoms with E-state index < -0.39 is 31.9 Å². The summed E-state index contributed by atoms with van der Waals surface area (Å²) < 4.78 is 57.8. The van der Waals surface area contributed by atoms with Crippen molar-refractivity contribution in [3.8, 4) is 0 Å². The van der Waals surface area contributed by atoms with Crippen LogP contribution in [0.1, 0.15) is 20.8 Å². The van der Waals surface area contributed by atoms with Crippen molar-refractivity contribution in [2.24, 2.45) is 0 Å². The first-order valence-corrected chi connectivity index (χ1v) is 10.00. The van der Waals surface area contributed by atoms with Gasteiger partial charge in [0.1, 0.15) is 5.60 Å². The summed E-state index contributed by atoms with van der Waals surface area (Å²) in [6.45, 7) is 4.30. The van der Waals surface area contributed by atoms with Crippen LogP contribution in [0.4, 0.5) is 4.79 Å². The van der Waals surface area contributed by atoms with Crippen molar-refractivity contribution >= 4 is 26.3 Å². The molecule has 0 aliphatic heterocycles. The fraction of sp³-hybridized carbons (Fsp3) is 0.909. The highest BCUT2D eigenvalue weighted by atomic mass is 32.2. The Labute approximate surface area is 131 Å². The minimum atomic E-state index is -3.63. The van der Waals surface area contributed by atoms with Gasteiger partial charge in [-0.05, 0) is 20.8 Å². The Morgan fingerprint density at radius 2 is 1.27 bits per heavy atom. The van der Waals surface area contributed by atoms with E-state index in [1.54, 1.807) is 20.8 Å². The summed E-state index contributed by atoms with van der Waals surface area (Å²) in [6, 6.07) is 0. The summed E-state index contributed by atoms with van der Waals surface area (Å²) in [6.07, 6.45) is 1.05. The molecule has 0 aromatic carbocycles. The molecule has 0 aromatic rings. The highest BCUT2D eigenvalue weighted by Gasteiger charge is 2.22. The number of carbonyl (C=O) groups is 1. The van der Waals surface area contributed by atoms with Crippen LogP contribution >= 0.6 is 0 Å². The number of ether oxygens (including phenoxy) is 1. The molecule has 0 aliphatic carbocycles. The minimum absolute atomic E-state index is 0.0882. The van der Waals surface area contributed by atoms with Crippen molar-refractivity contribution in [3.63, 3.8) is 0 Å². The van der Waals surface area contributed by atoms with E-state index in [-0.39, 0.29) is 26.3 Å². The number of amides is 1. The van der Waals surface area contributed by atoms with Crippen LogP contribution in [-0.4, -0.2) is 72.2 Å². The summed E-state index contributed by atoms with van der Waals surface area (Å²) >= 11 is 0. The van der Waals surface area contributed by atoms with Gasteiger partial charge in [-0.25, -0.2) is 4.79 Å². The third-order valence-corrected chi connectivity index (χ3v) is 3.16. The molecule has 0 radical (unpaired) electrons. The van der Waals surface area contributed by atoms with E-state index in [4.69, 9.17) is 4.74 Å². The third-order valence-electron chi connectivity index (χ3n) is 1.97. The Bertz CT molecular complexity index is 523. The first-order chi connectivity index (χ1) is 9.70. The van der Waals surface area contributed by atoms with Crippen LogP contribution < -0.4 is 0 Å². The zero-order valence-electron chi connectivity index (χ0n) is 13.4. The number of hydrogen-bond donors (Lipinski definition) is 0. The first kappa shape index (κ1) is 21.1. The van der Waals surface area contributed by atoms with Crippen LogP contribution in [0.5, 0.6) is 0 Å². The van der Waals surface area contributed by atoms with Gasteiger partial charge in [0.25, 0.3) is 20.2 Å². The Morgan fingerprint density at radius 1 is 0.909 bits per heavy atom. The van der Waals surface area contributed by atoms with Crippen molar-refractivity contribution in [3.05, 3.63) is 0 Å². The van der Waals surface area contributed by atoms with Crippen LogP contribution in [0.25, 0.3) is 0 Å². The van der Waals surface area contributed by atoms with Crippen LogP contribution in [-0.2, 0) is 33.3 Å². The molecule has 22 heavy (non-hydrogen) atoms. The molecule has 0 saturated carbocycles. The van der Waals surface area contributed by atoms with Gasteiger partial charge in [-0.2, -0.15) is 16.8 Å². The lowest BCUT2D eigenvalue weighted by Gasteiger charge is -2.27. The number of hydrogen-bond acceptors (Lipinski definition) is 8. The molecule has 0 bridgehead atoms. The maximum atomic E-state index is 12.0. The van der Waals surface area contributed by atoms with Gasteiger partial charge in [-0.15, -0.1) is 0 Å². The quantitative estimate of drug-likeness (QED) is 0.562. The Morgan fingerprint density at radius 3 is 1.55 bits per heavy atom. The molecule has 0 saturated heterocycles. The van der Waals surface area contributed by atoms with Crippen molar-refractivity contribution in [1.29, 1.82) is 0 Å². The Hall–Kier alpha value is -0.910. The van der Waals surface area contributed by atoms with Crippen molar-refractivity contribution in [2.75, 3.05) is 38.8 Å². The SMILES string of the molecule is CC(C)(C)OC(=O)N(CCOS(C)(=O)=O)CCOS(C)(=O)=O. The van der Waals surface area contributed by atoms with Crippen molar-refractivity contribution < 1.29 is 34.7 Å². The molecule has 1 amide bonds. The summed E-state index contributed by atoms with van der Waals surface area (Å²) in [4.78, 5) is 13.1. The van der Waals surface area contributed by atoms with Crippen LogP contribution in [0.15, 0.2) is 0 Å². The molecule has 0 aromatic heterocycles. The second-order valence-electron chi connectivity index (χ2n) is 5.52. The summed E-state index contributed by atoms with van der Waals surface area (Å²) in [5, 5.41) is 0. The van der Waals surface area contributed by atoms with E-state index in [9.17, 15) is 21.6 Å². The minimum Gasteiger partial charge on any atom is -0.444 e. The molecule has 0 fully saturated rings. The van der Waals surface area contributed by atoms with Crippen LogP contribution in [0.2, 0.25) is 0 Å². The Balaban J connectivity index is 4.65. The predicted octanol–water partition coefficient (Wildman–Crippen LogP) is 0.176. The molecular weight excluding hydrogens is 338 g/mol. The van der Waals surface area contributed by atoms with Gasteiger partial charge in [0.05, 0.1) is 25.7 Å². The first-order valence-electron chi connectivity index (χ1n) is 6.36. The molecule has 0 aliphatic rings. The van der Waals surface area contributed by atoms with Gasteiger partial charge >= 0.3 is 6.09 Å². The monoisotopic (exact) mass is 361 g/mol. The largest absolute Gasteiger partial charge is 0.444 e. The maximum absolute atomic E-state index is 12.0. The Kier molecular flexibility index (Phi) is 7.75. The summed E-state index contributed by atoms with van der Waals surface area (Å²) in [5.41, 5.74) is -0.745. The molecule has 0 N–H and O–H groups in total. The topological polar surface area (TPSA) is 116 Å². The molecule has 0 heterocycles. The van der Waals surface area contributed by atoms with E-state index >= 15 is 0 Å². The van der Waals surface area contributed by atoms with Crippen LogP contribution in [0, 0.1) is 0 Å². The van der Waals surface area contributed by atoms with E-state index in [1.807, 2.05) is 0 Å². The average Bonchev–Trinajstić information content (AvgIpc) is 2.21. The molecule has 11 heteroatoms. The molecule has 132 valence electrons. The molecule has 0 atom stereocenters. The number of carbonyl (C=O) groups excluding carboxylic acids is 1. The zero-order valence-corrected chi connectivity index (χ0v) is 15.0. The van der Waals surface area contributed by atoms with E-state index in [2.05, 4.69) is 8.37 Å². The van der Waals surface area contributed by atoms with Gasteiger partial charge in [0.15, 0.2) is 0 Å². The summed E-state index contributed by atoms with van der Waals surface area (Å²) in [7, 11) is -7.26. The number of nitrogens with zero attached hydrogens (tertiary/aromatic N) is 1. The fourth-order valence-electron chi connectivity index (χ4n) is 1.22. The van der Waals surface area contributed by atoms with Crippen molar-refractivity contribution in [1.82, 2.24) is 4.90 Å². The maximum Gasteiger partial charge on any atom is 0.410 e. The molecule has 9 nitrogen and oxygen atoms in total. The smallest absolute Gasteiger partial charge is 0.410 e. The number of rotatable bonds is 8. The van der Waals surface area contributed by atoms with E-state index in [0.717, 1.165) is 17.4 Å².